The van der Waals surface area contributed by atoms with Crippen LogP contribution in [-0.4, -0.2) is 39.1 Å². The number of hydrogen-bond donors (Lipinski definition) is 1. The number of benzene rings is 1. The number of carbonyl (C=O) groups is 1. The zero-order chi connectivity index (χ0) is 17.5. The molecule has 26 heavy (non-hydrogen) atoms. The molecule has 1 aromatic carbocycles. The topological polar surface area (TPSA) is 50.2 Å². The van der Waals surface area contributed by atoms with E-state index in [0.717, 1.165) is 5.69 Å². The van der Waals surface area contributed by atoms with Gasteiger partial charge in [-0.25, -0.2) is 9.78 Å². The summed E-state index contributed by atoms with van der Waals surface area (Å²) in [4.78, 5) is 19.5. The number of rotatable bonds is 4. The summed E-state index contributed by atoms with van der Waals surface area (Å²) in [6.07, 6.45) is 12.3. The van der Waals surface area contributed by atoms with Crippen LogP contribution in [-0.2, 0) is 0 Å². The van der Waals surface area contributed by atoms with Crippen molar-refractivity contribution in [1.82, 2.24) is 19.8 Å². The average molecular weight is 350 g/mol. The van der Waals surface area contributed by atoms with Crippen molar-refractivity contribution in [3.8, 4) is 11.3 Å². The fraction of sp³-hybridized carbons (Fsp3) is 0.524. The molecule has 1 atom stereocenters. The van der Waals surface area contributed by atoms with Crippen molar-refractivity contribution in [3.63, 3.8) is 0 Å². The van der Waals surface area contributed by atoms with Gasteiger partial charge < -0.3 is 14.8 Å². The highest BCUT2D eigenvalue weighted by Crippen LogP contribution is 2.39. The molecule has 2 fully saturated rings. The van der Waals surface area contributed by atoms with E-state index in [1.165, 1.54) is 56.1 Å². The molecule has 5 heteroatoms. The van der Waals surface area contributed by atoms with Crippen LogP contribution in [0.1, 0.15) is 56.6 Å². The van der Waals surface area contributed by atoms with Crippen LogP contribution < -0.4 is 5.32 Å². The molecule has 0 saturated heterocycles. The van der Waals surface area contributed by atoms with Crippen LogP contribution in [0.25, 0.3) is 11.3 Å². The standard InChI is InChI=1S/C21H26N4O/c26-21(25(16-10-11-16)15-6-2-1-3-7-15)23-13-20-18-9-5-4-8-17(18)19-12-22-14-24(19)20/h4-5,8-9,12,14-16,20H,1-3,6-7,10-11,13H2,(H,23,26)/t20-/m0/s1. The molecule has 2 heterocycles. The molecule has 0 bridgehead atoms. The second kappa shape index (κ2) is 6.45. The molecular weight excluding hydrogens is 324 g/mol. The number of nitrogens with zero attached hydrogens (tertiary/aromatic N) is 3. The van der Waals surface area contributed by atoms with Gasteiger partial charge in [0.1, 0.15) is 0 Å². The van der Waals surface area contributed by atoms with Crippen LogP contribution in [0.3, 0.4) is 0 Å². The van der Waals surface area contributed by atoms with Gasteiger partial charge in [0.15, 0.2) is 0 Å². The quantitative estimate of drug-likeness (QED) is 0.907. The maximum absolute atomic E-state index is 13.0. The highest BCUT2D eigenvalue weighted by atomic mass is 16.2. The molecule has 136 valence electrons. The first-order valence-electron chi connectivity index (χ1n) is 10.0. The molecule has 3 aliphatic rings. The molecule has 5 rings (SSSR count). The maximum atomic E-state index is 13.0. The largest absolute Gasteiger partial charge is 0.336 e. The predicted molar refractivity (Wildman–Crippen MR) is 101 cm³/mol. The van der Waals surface area contributed by atoms with E-state index in [1.54, 1.807) is 0 Å². The van der Waals surface area contributed by atoms with E-state index >= 15 is 0 Å². The Labute approximate surface area is 154 Å². The van der Waals surface area contributed by atoms with Crippen molar-refractivity contribution in [2.45, 2.75) is 63.1 Å². The van der Waals surface area contributed by atoms with Crippen LogP contribution in [0, 0.1) is 0 Å². The van der Waals surface area contributed by atoms with Gasteiger partial charge in [-0.1, -0.05) is 43.5 Å². The number of amides is 2. The number of imidazole rings is 1. The Morgan fingerprint density at radius 2 is 1.88 bits per heavy atom. The summed E-state index contributed by atoms with van der Waals surface area (Å²) in [6, 6.07) is 9.63. The van der Waals surface area contributed by atoms with Gasteiger partial charge in [-0.2, -0.15) is 0 Å². The highest BCUT2D eigenvalue weighted by molar-refractivity contribution is 5.76. The van der Waals surface area contributed by atoms with E-state index in [4.69, 9.17) is 0 Å². The second-order valence-corrected chi connectivity index (χ2v) is 7.91. The van der Waals surface area contributed by atoms with Gasteiger partial charge in [0.2, 0.25) is 0 Å². The Balaban J connectivity index is 1.32. The summed E-state index contributed by atoms with van der Waals surface area (Å²) in [5.74, 6) is 0. The molecule has 1 aromatic heterocycles. The SMILES string of the molecule is O=C(NC[C@H]1c2ccccc2-c2cncn21)N(C1CCCCC1)C1CC1. The van der Waals surface area contributed by atoms with E-state index in [2.05, 4.69) is 44.0 Å². The van der Waals surface area contributed by atoms with Crippen molar-refractivity contribution < 1.29 is 4.79 Å². The third-order valence-corrected chi connectivity index (χ3v) is 6.19. The number of aromatic nitrogens is 2. The number of fused-ring (bicyclic) bond motifs is 3. The molecule has 2 aromatic rings. The Morgan fingerprint density at radius 3 is 2.69 bits per heavy atom. The van der Waals surface area contributed by atoms with Crippen molar-refractivity contribution in [2.24, 2.45) is 0 Å². The van der Waals surface area contributed by atoms with Crippen LogP contribution in [0.15, 0.2) is 36.8 Å². The third kappa shape index (κ3) is 2.70. The first-order valence-corrected chi connectivity index (χ1v) is 10.0. The summed E-state index contributed by atoms with van der Waals surface area (Å²) in [7, 11) is 0. The van der Waals surface area contributed by atoms with E-state index in [0.29, 0.717) is 18.6 Å². The predicted octanol–water partition coefficient (Wildman–Crippen LogP) is 3.96. The zero-order valence-corrected chi connectivity index (χ0v) is 15.1. The van der Waals surface area contributed by atoms with Gasteiger partial charge in [-0.15, -0.1) is 0 Å². The normalized spacial score (nSPS) is 21.9. The lowest BCUT2D eigenvalue weighted by atomic mass is 9.94. The number of nitrogens with one attached hydrogen (secondary N) is 1. The Morgan fingerprint density at radius 1 is 1.12 bits per heavy atom. The first kappa shape index (κ1) is 15.9. The van der Waals surface area contributed by atoms with E-state index in [9.17, 15) is 4.79 Å². The van der Waals surface area contributed by atoms with Crippen molar-refractivity contribution in [3.05, 3.63) is 42.4 Å². The Hall–Kier alpha value is -2.30. The molecule has 1 N–H and O–H groups in total. The summed E-state index contributed by atoms with van der Waals surface area (Å²) in [5.41, 5.74) is 3.66. The molecule has 2 amide bonds. The number of carbonyl (C=O) groups excluding carboxylic acids is 1. The van der Waals surface area contributed by atoms with Crippen molar-refractivity contribution in [2.75, 3.05) is 6.54 Å². The Kier molecular flexibility index (Phi) is 3.95. The first-order chi connectivity index (χ1) is 12.8. The van der Waals surface area contributed by atoms with Crippen molar-refractivity contribution in [1.29, 1.82) is 0 Å². The van der Waals surface area contributed by atoms with Gasteiger partial charge in [0, 0.05) is 24.2 Å². The van der Waals surface area contributed by atoms with Gasteiger partial charge >= 0.3 is 6.03 Å². The molecular formula is C21H26N4O. The van der Waals surface area contributed by atoms with Gasteiger partial charge in [-0.3, -0.25) is 0 Å². The fourth-order valence-electron chi connectivity index (χ4n) is 4.76. The number of urea groups is 1. The Bertz CT molecular complexity index is 804. The van der Waals surface area contributed by atoms with Gasteiger partial charge in [0.05, 0.1) is 24.3 Å². The van der Waals surface area contributed by atoms with Crippen LogP contribution >= 0.6 is 0 Å². The smallest absolute Gasteiger partial charge is 0.317 e. The molecule has 0 unspecified atom stereocenters. The van der Waals surface area contributed by atoms with E-state index in [-0.39, 0.29) is 12.1 Å². The minimum atomic E-state index is 0.130. The maximum Gasteiger partial charge on any atom is 0.317 e. The van der Waals surface area contributed by atoms with Gasteiger partial charge in [0.25, 0.3) is 0 Å². The summed E-state index contributed by atoms with van der Waals surface area (Å²) in [5, 5.41) is 3.25. The molecule has 1 aliphatic heterocycles. The molecule has 5 nitrogen and oxygen atoms in total. The summed E-state index contributed by atoms with van der Waals surface area (Å²) in [6.45, 7) is 0.620. The number of hydrogen-bond acceptors (Lipinski definition) is 2. The van der Waals surface area contributed by atoms with Crippen molar-refractivity contribution >= 4 is 6.03 Å². The second-order valence-electron chi connectivity index (χ2n) is 7.91. The summed E-state index contributed by atoms with van der Waals surface area (Å²) < 4.78 is 2.19. The monoisotopic (exact) mass is 350 g/mol. The van der Waals surface area contributed by atoms with Gasteiger partial charge in [-0.05, 0) is 31.2 Å². The average Bonchev–Trinajstić information content (AvgIpc) is 3.30. The lowest BCUT2D eigenvalue weighted by Crippen LogP contribution is -2.49. The minimum Gasteiger partial charge on any atom is -0.336 e. The minimum absolute atomic E-state index is 0.130. The lowest BCUT2D eigenvalue weighted by molar-refractivity contribution is 0.150. The van der Waals surface area contributed by atoms with Crippen LogP contribution in [0.2, 0.25) is 0 Å². The van der Waals surface area contributed by atoms with Crippen LogP contribution in [0.5, 0.6) is 0 Å². The zero-order valence-electron chi connectivity index (χ0n) is 15.1. The lowest BCUT2D eigenvalue weighted by Gasteiger charge is -2.35. The summed E-state index contributed by atoms with van der Waals surface area (Å²) >= 11 is 0. The van der Waals surface area contributed by atoms with E-state index < -0.39 is 0 Å². The molecule has 2 saturated carbocycles. The fourth-order valence-corrected chi connectivity index (χ4v) is 4.76. The molecule has 0 spiro atoms. The van der Waals surface area contributed by atoms with Crippen LogP contribution in [0.4, 0.5) is 4.79 Å². The highest BCUT2D eigenvalue weighted by Gasteiger charge is 2.38. The van der Waals surface area contributed by atoms with E-state index in [1.807, 2.05) is 12.5 Å². The molecule has 0 radical (unpaired) electrons. The third-order valence-electron chi connectivity index (χ3n) is 6.19. The molecule has 2 aliphatic carbocycles.